The molecule has 0 bridgehead atoms. The molecule has 0 aromatic carbocycles. The van der Waals surface area contributed by atoms with Crippen LogP contribution in [0.15, 0.2) is 0 Å². The van der Waals surface area contributed by atoms with Gasteiger partial charge in [0.25, 0.3) is 0 Å². The van der Waals surface area contributed by atoms with Crippen molar-refractivity contribution < 1.29 is 4.43 Å². The van der Waals surface area contributed by atoms with Gasteiger partial charge in [-0.15, -0.1) is 0 Å². The topological polar surface area (TPSA) is 9.23 Å². The molecule has 0 heterocycles. The van der Waals surface area contributed by atoms with Gasteiger partial charge in [0.05, 0.1) is 6.11 Å². The zero-order chi connectivity index (χ0) is 6.24. The van der Waals surface area contributed by atoms with Crippen LogP contribution in [0.2, 0.25) is 0 Å². The molecule has 1 nitrogen and oxygen atoms in total. The predicted octanol–water partition coefficient (Wildman–Crippen LogP) is 1.24. The molecule has 0 aliphatic heterocycles. The fourth-order valence-corrected chi connectivity index (χ4v) is 0.424. The van der Waals surface area contributed by atoms with E-state index in [-0.39, 0.29) is 0 Å². The third-order valence-corrected chi connectivity index (χ3v) is 0.881. The fraction of sp³-hybridized carbons (Fsp3) is 0.667. The van der Waals surface area contributed by atoms with E-state index in [0.717, 1.165) is 12.8 Å². The van der Waals surface area contributed by atoms with Crippen LogP contribution in [0.4, 0.5) is 0 Å². The van der Waals surface area contributed by atoms with Crippen molar-refractivity contribution in [2.45, 2.75) is 26.2 Å². The van der Waals surface area contributed by atoms with Gasteiger partial charge >= 0.3 is 10.5 Å². The molecule has 0 aromatic rings. The maximum Gasteiger partial charge on any atom is 0.359 e. The lowest BCUT2D eigenvalue weighted by Crippen LogP contribution is -1.70. The second-order valence-corrected chi connectivity index (χ2v) is 1.69. The van der Waals surface area contributed by atoms with Crippen LogP contribution in [-0.4, -0.2) is 10.5 Å². The lowest BCUT2D eigenvalue weighted by molar-refractivity contribution is 0.577. The summed E-state index contributed by atoms with van der Waals surface area (Å²) in [5, 5.41) is 0. The van der Waals surface area contributed by atoms with Crippen molar-refractivity contribution in [2.75, 3.05) is 0 Å². The summed E-state index contributed by atoms with van der Waals surface area (Å²) >= 11 is 0. The molecule has 0 unspecified atom stereocenters. The van der Waals surface area contributed by atoms with Crippen LogP contribution in [0.1, 0.15) is 26.2 Å². The minimum Gasteiger partial charge on any atom is -0.500 e. The molecule has 0 N–H and O–H groups in total. The quantitative estimate of drug-likeness (QED) is 0.306. The third-order valence-electron chi connectivity index (χ3n) is 0.779. The molecule has 0 saturated heterocycles. The Bertz CT molecular complexity index is 90.4. The monoisotopic (exact) mass is 125 g/mol. The first-order chi connectivity index (χ1) is 3.91. The number of hydrogen-bond acceptors (Lipinski definition) is 1. The highest BCUT2D eigenvalue weighted by Gasteiger charge is 1.74. The van der Waals surface area contributed by atoms with Gasteiger partial charge < -0.3 is 4.43 Å². The summed E-state index contributed by atoms with van der Waals surface area (Å²) in [5.74, 6) is 2.82. The molecule has 0 atom stereocenters. The van der Waals surface area contributed by atoms with Gasteiger partial charge in [0.1, 0.15) is 0 Å². The molecule has 0 spiro atoms. The highest BCUT2D eigenvalue weighted by Crippen LogP contribution is 1.89. The van der Waals surface area contributed by atoms with Crippen LogP contribution < -0.4 is 0 Å². The van der Waals surface area contributed by atoms with Gasteiger partial charge in [0.15, 0.2) is 0 Å². The first-order valence-electron chi connectivity index (χ1n) is 2.72. The van der Waals surface area contributed by atoms with E-state index in [1.54, 1.807) is 0 Å². The van der Waals surface area contributed by atoms with E-state index in [1.807, 2.05) is 0 Å². The fourth-order valence-electron chi connectivity index (χ4n) is 0.352. The Labute approximate surface area is 54.0 Å². The first-order valence-corrected chi connectivity index (χ1v) is 3.13. The molecular formula is C6H9OSi. The molecule has 0 aliphatic rings. The predicted molar refractivity (Wildman–Crippen MR) is 34.1 cm³/mol. The van der Waals surface area contributed by atoms with E-state index in [0.29, 0.717) is 0 Å². The molecule has 3 radical (unpaired) electrons. The molecular weight excluding hydrogens is 116 g/mol. The van der Waals surface area contributed by atoms with E-state index in [2.05, 4.69) is 33.9 Å². The highest BCUT2D eigenvalue weighted by molar-refractivity contribution is 5.98. The largest absolute Gasteiger partial charge is 0.500 e. The van der Waals surface area contributed by atoms with Gasteiger partial charge in [0, 0.05) is 6.42 Å². The Morgan fingerprint density at radius 2 is 2.38 bits per heavy atom. The molecule has 0 aromatic heterocycles. The summed E-state index contributed by atoms with van der Waals surface area (Å²) in [6, 6.07) is 0. The van der Waals surface area contributed by atoms with Crippen molar-refractivity contribution in [2.24, 2.45) is 0 Å². The average Bonchev–Trinajstić information content (AvgIpc) is 1.81. The average molecular weight is 125 g/mol. The Morgan fingerprint density at radius 3 is 2.88 bits per heavy atom. The van der Waals surface area contributed by atoms with Crippen molar-refractivity contribution >= 4 is 10.5 Å². The van der Waals surface area contributed by atoms with Crippen LogP contribution in [-0.2, 0) is 4.43 Å². The molecule has 8 heavy (non-hydrogen) atoms. The summed E-state index contributed by atoms with van der Waals surface area (Å²) < 4.78 is 4.33. The van der Waals surface area contributed by atoms with Crippen LogP contribution in [0.5, 0.6) is 0 Å². The highest BCUT2D eigenvalue weighted by atomic mass is 28.2. The maximum atomic E-state index is 4.33. The minimum absolute atomic E-state index is 0.932. The van der Waals surface area contributed by atoms with E-state index in [1.165, 1.54) is 6.42 Å². The Morgan fingerprint density at radius 1 is 1.62 bits per heavy atom. The summed E-state index contributed by atoms with van der Waals surface area (Å²) in [5.41, 5.74) is 0. The molecule has 43 valence electrons. The lowest BCUT2D eigenvalue weighted by atomic mass is 10.3. The van der Waals surface area contributed by atoms with Crippen LogP contribution >= 0.6 is 0 Å². The van der Waals surface area contributed by atoms with E-state index >= 15 is 0 Å². The third kappa shape index (κ3) is 5.58. The van der Waals surface area contributed by atoms with Gasteiger partial charge in [-0.25, -0.2) is 0 Å². The van der Waals surface area contributed by atoms with Crippen molar-refractivity contribution in [3.05, 3.63) is 0 Å². The Hall–Kier alpha value is -0.423. The molecule has 0 fully saturated rings. The standard InChI is InChI=1S/C6H9OSi/c1-2-3-4-5-6-7-8/h2-4H2,1H3. The summed E-state index contributed by atoms with van der Waals surface area (Å²) in [6.45, 7) is 2.14. The summed E-state index contributed by atoms with van der Waals surface area (Å²) in [4.78, 5) is 0. The first kappa shape index (κ1) is 7.58. The van der Waals surface area contributed by atoms with E-state index in [4.69, 9.17) is 0 Å². The molecule has 0 aliphatic carbocycles. The normalized spacial score (nSPS) is 7.25. The van der Waals surface area contributed by atoms with E-state index < -0.39 is 0 Å². The van der Waals surface area contributed by atoms with Crippen molar-refractivity contribution in [3.63, 3.8) is 0 Å². The molecule has 2 heteroatoms. The zero-order valence-electron chi connectivity index (χ0n) is 5.03. The number of hydrogen-bond donors (Lipinski definition) is 0. The summed E-state index contributed by atoms with van der Waals surface area (Å²) in [6.07, 6.45) is 5.72. The zero-order valence-corrected chi connectivity index (χ0v) is 6.03. The van der Waals surface area contributed by atoms with E-state index in [9.17, 15) is 0 Å². The van der Waals surface area contributed by atoms with Crippen LogP contribution in [0.3, 0.4) is 0 Å². The summed E-state index contributed by atoms with van der Waals surface area (Å²) in [7, 11) is 2.77. The smallest absolute Gasteiger partial charge is 0.359 e. The molecule has 0 amide bonds. The van der Waals surface area contributed by atoms with Gasteiger partial charge in [-0.05, 0) is 6.42 Å². The van der Waals surface area contributed by atoms with Gasteiger partial charge in [-0.1, -0.05) is 19.3 Å². The second kappa shape index (κ2) is 6.58. The van der Waals surface area contributed by atoms with Gasteiger partial charge in [-0.3, -0.25) is 0 Å². The van der Waals surface area contributed by atoms with Gasteiger partial charge in [0.2, 0.25) is 0 Å². The van der Waals surface area contributed by atoms with Crippen molar-refractivity contribution in [3.8, 4) is 12.0 Å². The Kier molecular flexibility index (Phi) is 6.23. The van der Waals surface area contributed by atoms with Gasteiger partial charge in [-0.2, -0.15) is 0 Å². The second-order valence-electron chi connectivity index (χ2n) is 1.48. The molecule has 0 saturated carbocycles. The number of rotatable bonds is 2. The maximum absolute atomic E-state index is 4.33. The van der Waals surface area contributed by atoms with Crippen molar-refractivity contribution in [1.29, 1.82) is 0 Å². The Balaban J connectivity index is 2.90. The molecule has 0 rings (SSSR count). The SMILES string of the molecule is CCCCC#CO[Si]. The minimum atomic E-state index is 0.932. The number of unbranched alkanes of at least 4 members (excludes halogenated alkanes) is 2. The lowest BCUT2D eigenvalue weighted by Gasteiger charge is -1.82. The van der Waals surface area contributed by atoms with Crippen LogP contribution in [0, 0.1) is 12.0 Å². The van der Waals surface area contributed by atoms with Crippen molar-refractivity contribution in [1.82, 2.24) is 0 Å². The van der Waals surface area contributed by atoms with Crippen LogP contribution in [0.25, 0.3) is 0 Å².